The Bertz CT molecular complexity index is 1660. The van der Waals surface area contributed by atoms with Crippen molar-refractivity contribution >= 4 is 29.0 Å². The first-order chi connectivity index (χ1) is 20.2. The second-order valence-electron chi connectivity index (χ2n) is 11.8. The molecule has 0 bridgehead atoms. The van der Waals surface area contributed by atoms with Crippen LogP contribution < -0.4 is 10.1 Å². The Hall–Kier alpha value is -4.65. The van der Waals surface area contributed by atoms with Crippen LogP contribution in [0.2, 0.25) is 0 Å². The number of Topliss-reactive ketones (excluding diaryl/α,β-unsaturated/α-hetero) is 1. The molecule has 0 saturated carbocycles. The number of hydrogen-bond acceptors (Lipinski definition) is 6. The van der Waals surface area contributed by atoms with Crippen molar-refractivity contribution in [1.29, 1.82) is 0 Å². The molecule has 7 nitrogen and oxygen atoms in total. The highest BCUT2D eigenvalue weighted by molar-refractivity contribution is 6.24. The van der Waals surface area contributed by atoms with Gasteiger partial charge in [-0.2, -0.15) is 0 Å². The van der Waals surface area contributed by atoms with E-state index in [1.807, 2.05) is 86.6 Å². The number of benzene rings is 3. The summed E-state index contributed by atoms with van der Waals surface area (Å²) in [6, 6.07) is 24.5. The van der Waals surface area contributed by atoms with Crippen molar-refractivity contribution in [2.75, 3.05) is 19.0 Å². The van der Waals surface area contributed by atoms with Crippen molar-refractivity contribution in [2.45, 2.75) is 45.6 Å². The van der Waals surface area contributed by atoms with Gasteiger partial charge in [0.1, 0.15) is 11.2 Å². The van der Waals surface area contributed by atoms with E-state index in [9.17, 15) is 9.59 Å². The smallest absolute Gasteiger partial charge is 0.337 e. The summed E-state index contributed by atoms with van der Waals surface area (Å²) in [6.07, 6.45) is 0.793. The van der Waals surface area contributed by atoms with Crippen molar-refractivity contribution in [3.05, 3.63) is 112 Å². The van der Waals surface area contributed by atoms with Gasteiger partial charge in [0.05, 0.1) is 31.5 Å². The number of anilines is 1. The van der Waals surface area contributed by atoms with Gasteiger partial charge in [-0.1, -0.05) is 74.5 Å². The topological polar surface area (TPSA) is 84.9 Å². The molecule has 1 spiro atoms. The zero-order valence-corrected chi connectivity index (χ0v) is 24.3. The number of amides is 1. The van der Waals surface area contributed by atoms with Gasteiger partial charge in [-0.3, -0.25) is 9.59 Å². The Labute approximate surface area is 245 Å². The predicted molar refractivity (Wildman–Crippen MR) is 160 cm³/mol. The number of esters is 1. The number of ether oxygens (including phenoxy) is 2. The fourth-order valence-corrected chi connectivity index (χ4v) is 6.70. The number of rotatable bonds is 6. The molecule has 42 heavy (non-hydrogen) atoms. The van der Waals surface area contributed by atoms with Gasteiger partial charge in [0, 0.05) is 28.9 Å². The van der Waals surface area contributed by atoms with Gasteiger partial charge in [-0.05, 0) is 48.1 Å². The van der Waals surface area contributed by atoms with Crippen LogP contribution in [0.1, 0.15) is 50.3 Å². The molecule has 3 aromatic carbocycles. The molecule has 1 N–H and O–H groups in total. The van der Waals surface area contributed by atoms with Crippen molar-refractivity contribution in [3.8, 4) is 5.75 Å². The second kappa shape index (κ2) is 10.3. The van der Waals surface area contributed by atoms with Crippen LogP contribution in [0.5, 0.6) is 5.75 Å². The molecule has 7 heteroatoms. The van der Waals surface area contributed by atoms with Gasteiger partial charge >= 0.3 is 5.97 Å². The Morgan fingerprint density at radius 1 is 0.952 bits per heavy atom. The monoisotopic (exact) mass is 562 g/mol. The fourth-order valence-electron chi connectivity index (χ4n) is 6.70. The molecule has 0 aromatic heterocycles. The molecule has 3 aromatic rings. The first kappa shape index (κ1) is 27.5. The molecule has 0 fully saturated rings. The molecule has 2 aliphatic heterocycles. The van der Waals surface area contributed by atoms with E-state index >= 15 is 4.79 Å². The number of nitrogens with one attached hydrogen (secondary N) is 1. The summed E-state index contributed by atoms with van der Waals surface area (Å²) in [6.45, 7) is 6.15. The molecule has 1 unspecified atom stereocenters. The molecule has 6 rings (SSSR count). The van der Waals surface area contributed by atoms with Crippen LogP contribution in [0.25, 0.3) is 5.70 Å². The molecule has 214 valence electrons. The lowest BCUT2D eigenvalue weighted by Gasteiger charge is -2.44. The number of carbonyl (C=O) groups is 3. The van der Waals surface area contributed by atoms with Crippen LogP contribution in [0.4, 0.5) is 5.69 Å². The molecule has 2 heterocycles. The van der Waals surface area contributed by atoms with Crippen LogP contribution in [0.3, 0.4) is 0 Å². The Balaban J connectivity index is 1.75. The number of allylic oxidation sites excluding steroid dienone is 1. The zero-order chi connectivity index (χ0) is 29.6. The number of fused-ring (bicyclic) bond motifs is 3. The van der Waals surface area contributed by atoms with E-state index in [0.29, 0.717) is 46.0 Å². The van der Waals surface area contributed by atoms with Gasteiger partial charge in [0.2, 0.25) is 5.91 Å². The zero-order valence-electron chi connectivity index (χ0n) is 24.3. The number of carbonyl (C=O) groups excluding carboxylic acids is 3. The molecular weight excluding hydrogens is 528 g/mol. The molecule has 3 aliphatic rings. The predicted octanol–water partition coefficient (Wildman–Crippen LogP) is 6.02. The van der Waals surface area contributed by atoms with Crippen LogP contribution in [0.15, 0.2) is 95.7 Å². The van der Waals surface area contributed by atoms with E-state index in [4.69, 9.17) is 9.47 Å². The summed E-state index contributed by atoms with van der Waals surface area (Å²) in [5.41, 5.74) is 2.29. The lowest BCUT2D eigenvalue weighted by Crippen LogP contribution is -2.50. The van der Waals surface area contributed by atoms with Gasteiger partial charge < -0.3 is 19.7 Å². The molecule has 0 radical (unpaired) electrons. The summed E-state index contributed by atoms with van der Waals surface area (Å²) >= 11 is 0. The van der Waals surface area contributed by atoms with Crippen molar-refractivity contribution in [1.82, 2.24) is 4.90 Å². The lowest BCUT2D eigenvalue weighted by molar-refractivity contribution is -0.141. The van der Waals surface area contributed by atoms with Crippen molar-refractivity contribution in [3.63, 3.8) is 0 Å². The number of nitrogens with zero attached hydrogens (tertiary/aromatic N) is 1. The van der Waals surface area contributed by atoms with Crippen LogP contribution in [-0.2, 0) is 31.1 Å². The Morgan fingerprint density at radius 3 is 2.31 bits per heavy atom. The first-order valence-electron chi connectivity index (χ1n) is 14.3. The molecule has 1 aliphatic carbocycles. The minimum absolute atomic E-state index is 0.115. The maximum atomic E-state index is 15.3. The van der Waals surface area contributed by atoms with E-state index in [2.05, 4.69) is 5.32 Å². The first-order valence-corrected chi connectivity index (χ1v) is 14.3. The van der Waals surface area contributed by atoms with E-state index in [0.717, 1.165) is 5.56 Å². The van der Waals surface area contributed by atoms with E-state index in [1.165, 1.54) is 0 Å². The molecular formula is C35H34N2O5. The van der Waals surface area contributed by atoms with E-state index < -0.39 is 11.4 Å². The largest absolute Gasteiger partial charge is 0.497 e. The summed E-state index contributed by atoms with van der Waals surface area (Å²) in [7, 11) is 1.55. The summed E-state index contributed by atoms with van der Waals surface area (Å²) in [5.74, 6) is -0.627. The molecule has 0 saturated heterocycles. The Kier molecular flexibility index (Phi) is 6.76. The normalized spacial score (nSPS) is 20.8. The van der Waals surface area contributed by atoms with Gasteiger partial charge in [0.15, 0.2) is 5.78 Å². The molecule has 1 atom stereocenters. The minimum Gasteiger partial charge on any atom is -0.497 e. The number of methoxy groups -OCH3 is 1. The third kappa shape index (κ3) is 4.23. The van der Waals surface area contributed by atoms with E-state index in [1.54, 1.807) is 25.0 Å². The summed E-state index contributed by atoms with van der Waals surface area (Å²) < 4.78 is 11.3. The SMILES string of the molecule is CCOC(=O)C1=C(c2ccccc2)N(Cc2ccccc2)C(=O)C12C1=C(CC(C)(C)CC1=O)Nc1ccc(OC)cc12. The van der Waals surface area contributed by atoms with Crippen LogP contribution >= 0.6 is 0 Å². The lowest BCUT2D eigenvalue weighted by atomic mass is 9.60. The maximum Gasteiger partial charge on any atom is 0.337 e. The minimum atomic E-state index is -1.72. The van der Waals surface area contributed by atoms with Crippen LogP contribution in [0, 0.1) is 5.41 Å². The number of hydrogen-bond donors (Lipinski definition) is 1. The van der Waals surface area contributed by atoms with Crippen molar-refractivity contribution in [2.24, 2.45) is 5.41 Å². The van der Waals surface area contributed by atoms with Gasteiger partial charge in [-0.15, -0.1) is 0 Å². The number of ketones is 1. The highest BCUT2D eigenvalue weighted by Gasteiger charge is 2.64. The summed E-state index contributed by atoms with van der Waals surface area (Å²) in [4.78, 5) is 45.5. The molecule has 1 amide bonds. The second-order valence-corrected chi connectivity index (χ2v) is 11.8. The third-order valence-corrected chi connectivity index (χ3v) is 8.32. The standard InChI is InChI=1S/C35H34N2O5/c1-5-42-32(39)30-31(23-14-10-7-11-15-23)37(21-22-12-8-6-9-13-22)33(40)35(30)25-18-24(41-4)16-17-26(25)36-27-19-34(2,3)20-28(38)29(27)35/h6-18,36H,5,19-21H2,1-4H3. The van der Waals surface area contributed by atoms with Crippen molar-refractivity contribution < 1.29 is 23.9 Å². The quantitative estimate of drug-likeness (QED) is 0.370. The Morgan fingerprint density at radius 2 is 1.64 bits per heavy atom. The van der Waals surface area contributed by atoms with Gasteiger partial charge in [0.25, 0.3) is 0 Å². The highest BCUT2D eigenvalue weighted by atomic mass is 16.5. The average Bonchev–Trinajstić information content (AvgIpc) is 3.21. The maximum absolute atomic E-state index is 15.3. The third-order valence-electron chi connectivity index (χ3n) is 8.32. The highest BCUT2D eigenvalue weighted by Crippen LogP contribution is 2.59. The van der Waals surface area contributed by atoms with Gasteiger partial charge in [-0.25, -0.2) is 4.79 Å². The summed E-state index contributed by atoms with van der Waals surface area (Å²) in [5, 5.41) is 3.48. The average molecular weight is 563 g/mol. The fraction of sp³-hybridized carbons (Fsp3) is 0.286. The van der Waals surface area contributed by atoms with E-state index in [-0.39, 0.29) is 42.3 Å². The van der Waals surface area contributed by atoms with Crippen LogP contribution in [-0.4, -0.2) is 36.3 Å².